The van der Waals surface area contributed by atoms with Crippen molar-refractivity contribution in [1.82, 2.24) is 0 Å². The van der Waals surface area contributed by atoms with Gasteiger partial charge in [-0.05, 0) is 32.6 Å². The van der Waals surface area contributed by atoms with Crippen molar-refractivity contribution in [3.63, 3.8) is 0 Å². The highest BCUT2D eigenvalue weighted by molar-refractivity contribution is 5.79. The minimum atomic E-state index is 0.274. The Bertz CT molecular complexity index is 171. The van der Waals surface area contributed by atoms with Crippen LogP contribution in [0.25, 0.3) is 0 Å². The van der Waals surface area contributed by atoms with Crippen molar-refractivity contribution >= 4 is 5.78 Å². The molecule has 0 radical (unpaired) electrons. The van der Waals surface area contributed by atoms with Gasteiger partial charge in [0.15, 0.2) is 0 Å². The Hall–Kier alpha value is -0.590. The predicted octanol–water partition coefficient (Wildman–Crippen LogP) is 2.96. The van der Waals surface area contributed by atoms with Crippen LogP contribution in [0.3, 0.4) is 0 Å². The zero-order valence-electron chi connectivity index (χ0n) is 8.10. The largest absolute Gasteiger partial charge is 0.300 e. The number of carbonyl (C=O) groups excluding carboxylic acids is 1. The number of hydrogen-bond acceptors (Lipinski definition) is 1. The molecule has 1 nitrogen and oxygen atoms in total. The normalized spacial score (nSPS) is 29.8. The zero-order valence-corrected chi connectivity index (χ0v) is 8.10. The lowest BCUT2D eigenvalue weighted by Gasteiger charge is -2.29. The van der Waals surface area contributed by atoms with E-state index in [0.717, 1.165) is 6.42 Å². The SMILES string of the molecule is C=C(C)[C@H]1CCCC[C@H]1C(C)=O. The molecule has 12 heavy (non-hydrogen) atoms. The van der Waals surface area contributed by atoms with Crippen LogP contribution in [0.5, 0.6) is 0 Å². The molecule has 0 unspecified atom stereocenters. The second kappa shape index (κ2) is 3.88. The minimum absolute atomic E-state index is 0.274. The summed E-state index contributed by atoms with van der Waals surface area (Å²) >= 11 is 0. The van der Waals surface area contributed by atoms with Crippen molar-refractivity contribution in [2.45, 2.75) is 39.5 Å². The number of ketones is 1. The monoisotopic (exact) mass is 166 g/mol. The quantitative estimate of drug-likeness (QED) is 0.576. The molecule has 0 saturated heterocycles. The van der Waals surface area contributed by atoms with E-state index in [9.17, 15) is 4.79 Å². The molecule has 1 aliphatic rings. The Balaban J connectivity index is 2.67. The summed E-state index contributed by atoms with van der Waals surface area (Å²) < 4.78 is 0. The standard InChI is InChI=1S/C11H18O/c1-8(2)10-6-4-5-7-11(10)9(3)12/h10-11H,1,4-7H2,2-3H3/t10-,11+/m1/s1. The van der Waals surface area contributed by atoms with Gasteiger partial charge in [0, 0.05) is 5.92 Å². The van der Waals surface area contributed by atoms with E-state index in [1.807, 2.05) is 6.92 Å². The number of rotatable bonds is 2. The number of carbonyl (C=O) groups is 1. The first-order valence-corrected chi connectivity index (χ1v) is 4.78. The van der Waals surface area contributed by atoms with E-state index in [-0.39, 0.29) is 5.92 Å². The van der Waals surface area contributed by atoms with Gasteiger partial charge < -0.3 is 0 Å². The molecule has 0 amide bonds. The second-order valence-corrected chi connectivity index (χ2v) is 3.95. The van der Waals surface area contributed by atoms with Gasteiger partial charge in [-0.15, -0.1) is 0 Å². The molecule has 0 bridgehead atoms. The highest BCUT2D eigenvalue weighted by Gasteiger charge is 2.28. The molecule has 0 aromatic rings. The van der Waals surface area contributed by atoms with Crippen molar-refractivity contribution in [2.75, 3.05) is 0 Å². The third-order valence-corrected chi connectivity index (χ3v) is 2.92. The molecule has 1 heteroatoms. The summed E-state index contributed by atoms with van der Waals surface area (Å²) in [6.07, 6.45) is 4.72. The Morgan fingerprint density at radius 1 is 1.17 bits per heavy atom. The van der Waals surface area contributed by atoms with Crippen molar-refractivity contribution in [1.29, 1.82) is 0 Å². The van der Waals surface area contributed by atoms with E-state index in [1.54, 1.807) is 6.92 Å². The van der Waals surface area contributed by atoms with Gasteiger partial charge in [-0.2, -0.15) is 0 Å². The van der Waals surface area contributed by atoms with Crippen LogP contribution >= 0.6 is 0 Å². The topological polar surface area (TPSA) is 17.1 Å². The van der Waals surface area contributed by atoms with Crippen molar-refractivity contribution in [3.05, 3.63) is 12.2 Å². The smallest absolute Gasteiger partial charge is 0.133 e. The Morgan fingerprint density at radius 2 is 1.67 bits per heavy atom. The van der Waals surface area contributed by atoms with Gasteiger partial charge in [-0.1, -0.05) is 25.0 Å². The van der Waals surface area contributed by atoms with Crippen LogP contribution < -0.4 is 0 Å². The Kier molecular flexibility index (Phi) is 3.07. The van der Waals surface area contributed by atoms with Crippen LogP contribution in [0, 0.1) is 11.8 Å². The maximum absolute atomic E-state index is 11.3. The molecular weight excluding hydrogens is 148 g/mol. The molecule has 0 spiro atoms. The third-order valence-electron chi connectivity index (χ3n) is 2.92. The van der Waals surface area contributed by atoms with Crippen LogP contribution in [0.4, 0.5) is 0 Å². The van der Waals surface area contributed by atoms with Gasteiger partial charge in [0.05, 0.1) is 0 Å². The first kappa shape index (κ1) is 9.50. The molecule has 1 rings (SSSR count). The lowest BCUT2D eigenvalue weighted by atomic mass is 9.74. The van der Waals surface area contributed by atoms with Gasteiger partial charge in [0.25, 0.3) is 0 Å². The van der Waals surface area contributed by atoms with Gasteiger partial charge in [0.1, 0.15) is 5.78 Å². The number of Topliss-reactive ketones (excluding diaryl/α,β-unsaturated/α-hetero) is 1. The average molecular weight is 166 g/mol. The fourth-order valence-corrected chi connectivity index (χ4v) is 2.21. The first-order valence-electron chi connectivity index (χ1n) is 4.78. The van der Waals surface area contributed by atoms with Crippen molar-refractivity contribution in [3.8, 4) is 0 Å². The van der Waals surface area contributed by atoms with Crippen LogP contribution in [-0.4, -0.2) is 5.78 Å². The maximum atomic E-state index is 11.3. The summed E-state index contributed by atoms with van der Waals surface area (Å²) in [5.74, 6) is 1.09. The van der Waals surface area contributed by atoms with E-state index in [1.165, 1.54) is 24.8 Å². The highest BCUT2D eigenvalue weighted by atomic mass is 16.1. The Morgan fingerprint density at radius 3 is 2.00 bits per heavy atom. The molecule has 0 aliphatic heterocycles. The van der Waals surface area contributed by atoms with Gasteiger partial charge >= 0.3 is 0 Å². The van der Waals surface area contributed by atoms with E-state index in [0.29, 0.717) is 11.7 Å². The van der Waals surface area contributed by atoms with Gasteiger partial charge in [-0.3, -0.25) is 4.79 Å². The molecule has 0 aromatic heterocycles. The first-order chi connectivity index (χ1) is 5.63. The summed E-state index contributed by atoms with van der Waals surface area (Å²) in [6.45, 7) is 7.72. The number of allylic oxidation sites excluding steroid dienone is 1. The molecule has 0 heterocycles. The van der Waals surface area contributed by atoms with Gasteiger partial charge in [0.2, 0.25) is 0 Å². The van der Waals surface area contributed by atoms with Crippen LogP contribution in [0.1, 0.15) is 39.5 Å². The molecule has 1 aliphatic carbocycles. The lowest BCUT2D eigenvalue weighted by Crippen LogP contribution is -2.25. The van der Waals surface area contributed by atoms with E-state index < -0.39 is 0 Å². The molecule has 0 N–H and O–H groups in total. The van der Waals surface area contributed by atoms with Crippen LogP contribution in [0.2, 0.25) is 0 Å². The fourth-order valence-electron chi connectivity index (χ4n) is 2.21. The summed E-state index contributed by atoms with van der Waals surface area (Å²) in [5, 5.41) is 0. The average Bonchev–Trinajstić information content (AvgIpc) is 2.04. The molecule has 1 saturated carbocycles. The zero-order chi connectivity index (χ0) is 9.14. The highest BCUT2D eigenvalue weighted by Crippen LogP contribution is 2.34. The predicted molar refractivity (Wildman–Crippen MR) is 50.9 cm³/mol. The molecule has 0 aromatic carbocycles. The molecule has 2 atom stereocenters. The van der Waals surface area contributed by atoms with Crippen LogP contribution in [-0.2, 0) is 4.79 Å². The summed E-state index contributed by atoms with van der Waals surface area (Å²) in [6, 6.07) is 0. The fraction of sp³-hybridized carbons (Fsp3) is 0.727. The second-order valence-electron chi connectivity index (χ2n) is 3.95. The minimum Gasteiger partial charge on any atom is -0.300 e. The molecular formula is C11H18O. The molecule has 68 valence electrons. The lowest BCUT2D eigenvalue weighted by molar-refractivity contribution is -0.122. The summed E-state index contributed by atoms with van der Waals surface area (Å²) in [4.78, 5) is 11.3. The maximum Gasteiger partial charge on any atom is 0.133 e. The van der Waals surface area contributed by atoms with E-state index in [2.05, 4.69) is 6.58 Å². The third kappa shape index (κ3) is 1.96. The van der Waals surface area contributed by atoms with E-state index >= 15 is 0 Å². The van der Waals surface area contributed by atoms with Crippen LogP contribution in [0.15, 0.2) is 12.2 Å². The van der Waals surface area contributed by atoms with Crippen molar-refractivity contribution < 1.29 is 4.79 Å². The van der Waals surface area contributed by atoms with Crippen molar-refractivity contribution in [2.24, 2.45) is 11.8 Å². The molecule has 1 fully saturated rings. The Labute approximate surface area is 74.9 Å². The van der Waals surface area contributed by atoms with E-state index in [4.69, 9.17) is 0 Å². The summed E-state index contributed by atoms with van der Waals surface area (Å²) in [5.41, 5.74) is 1.19. The number of hydrogen-bond donors (Lipinski definition) is 0. The summed E-state index contributed by atoms with van der Waals surface area (Å²) in [7, 11) is 0. The van der Waals surface area contributed by atoms with Gasteiger partial charge in [-0.25, -0.2) is 0 Å².